The third kappa shape index (κ3) is 3.33. The standard InChI is InChI=1S/C11H15NO.C2H6/c1-12-7-8-13-9-11(12)10-5-3-2-4-6-10;1-2/h2-6,11H,7-9H2,1H3;1-2H3. The summed E-state index contributed by atoms with van der Waals surface area (Å²) in [4.78, 5) is 2.35. The Morgan fingerprint density at radius 2 is 1.87 bits per heavy atom. The van der Waals surface area contributed by atoms with E-state index in [9.17, 15) is 0 Å². The van der Waals surface area contributed by atoms with Gasteiger partial charge < -0.3 is 4.74 Å². The summed E-state index contributed by atoms with van der Waals surface area (Å²) in [7, 11) is 2.15. The molecule has 1 unspecified atom stereocenters. The van der Waals surface area contributed by atoms with Crippen molar-refractivity contribution < 1.29 is 4.74 Å². The Bertz CT molecular complexity index is 260. The van der Waals surface area contributed by atoms with E-state index in [0.717, 1.165) is 19.8 Å². The lowest BCUT2D eigenvalue weighted by atomic mass is 10.1. The quantitative estimate of drug-likeness (QED) is 0.702. The summed E-state index contributed by atoms with van der Waals surface area (Å²) in [5.74, 6) is 0. The van der Waals surface area contributed by atoms with Crippen molar-refractivity contribution in [1.82, 2.24) is 4.90 Å². The second-order valence-corrected chi connectivity index (χ2v) is 3.48. The number of rotatable bonds is 1. The van der Waals surface area contributed by atoms with Gasteiger partial charge in [0.2, 0.25) is 0 Å². The first kappa shape index (κ1) is 12.2. The molecule has 1 atom stereocenters. The fraction of sp³-hybridized carbons (Fsp3) is 0.538. The van der Waals surface area contributed by atoms with Crippen molar-refractivity contribution in [3.05, 3.63) is 35.9 Å². The van der Waals surface area contributed by atoms with Crippen LogP contribution in [0.25, 0.3) is 0 Å². The monoisotopic (exact) mass is 207 g/mol. The number of hydrogen-bond acceptors (Lipinski definition) is 2. The van der Waals surface area contributed by atoms with E-state index in [4.69, 9.17) is 4.74 Å². The van der Waals surface area contributed by atoms with Gasteiger partial charge in [-0.2, -0.15) is 0 Å². The molecule has 1 aromatic carbocycles. The molecule has 2 rings (SSSR count). The minimum Gasteiger partial charge on any atom is -0.378 e. The van der Waals surface area contributed by atoms with Crippen molar-refractivity contribution in [2.45, 2.75) is 19.9 Å². The van der Waals surface area contributed by atoms with E-state index in [0.29, 0.717) is 6.04 Å². The molecule has 0 aromatic heterocycles. The van der Waals surface area contributed by atoms with Crippen LogP contribution in [0.5, 0.6) is 0 Å². The van der Waals surface area contributed by atoms with Gasteiger partial charge in [-0.1, -0.05) is 44.2 Å². The number of nitrogens with zero attached hydrogens (tertiary/aromatic N) is 1. The summed E-state index contributed by atoms with van der Waals surface area (Å²) >= 11 is 0. The Morgan fingerprint density at radius 3 is 2.47 bits per heavy atom. The van der Waals surface area contributed by atoms with Crippen LogP contribution in [-0.2, 0) is 4.74 Å². The van der Waals surface area contributed by atoms with Crippen molar-refractivity contribution in [2.75, 3.05) is 26.8 Å². The molecule has 0 saturated carbocycles. The molecule has 2 heteroatoms. The normalized spacial score (nSPS) is 21.7. The predicted octanol–water partition coefficient (Wildman–Crippen LogP) is 2.72. The van der Waals surface area contributed by atoms with Crippen LogP contribution in [0.1, 0.15) is 25.5 Å². The van der Waals surface area contributed by atoms with Crippen molar-refractivity contribution in [1.29, 1.82) is 0 Å². The number of likely N-dealkylation sites (N-methyl/N-ethyl adjacent to an activating group) is 1. The van der Waals surface area contributed by atoms with Crippen molar-refractivity contribution in [2.24, 2.45) is 0 Å². The average Bonchev–Trinajstić information content (AvgIpc) is 2.33. The smallest absolute Gasteiger partial charge is 0.0664 e. The zero-order valence-corrected chi connectivity index (χ0v) is 9.94. The number of morpholine rings is 1. The van der Waals surface area contributed by atoms with Crippen LogP contribution in [0.4, 0.5) is 0 Å². The van der Waals surface area contributed by atoms with Gasteiger partial charge in [-0.05, 0) is 12.6 Å². The fourth-order valence-electron chi connectivity index (χ4n) is 1.71. The lowest BCUT2D eigenvalue weighted by Gasteiger charge is -2.32. The van der Waals surface area contributed by atoms with Crippen LogP contribution in [-0.4, -0.2) is 31.7 Å². The molecule has 0 amide bonds. The van der Waals surface area contributed by atoms with Crippen molar-refractivity contribution >= 4 is 0 Å². The first-order chi connectivity index (χ1) is 7.38. The molecule has 1 fully saturated rings. The molecule has 0 bridgehead atoms. The van der Waals surface area contributed by atoms with E-state index in [1.165, 1.54) is 5.56 Å². The van der Waals surface area contributed by atoms with Gasteiger partial charge in [0.25, 0.3) is 0 Å². The highest BCUT2D eigenvalue weighted by Gasteiger charge is 2.20. The molecule has 0 N–H and O–H groups in total. The highest BCUT2D eigenvalue weighted by atomic mass is 16.5. The minimum atomic E-state index is 0.440. The van der Waals surface area contributed by atoms with Gasteiger partial charge in [0, 0.05) is 6.54 Å². The van der Waals surface area contributed by atoms with E-state index in [1.807, 2.05) is 19.9 Å². The molecular formula is C13H21NO. The summed E-state index contributed by atoms with van der Waals surface area (Å²) in [5.41, 5.74) is 1.35. The number of benzene rings is 1. The molecular weight excluding hydrogens is 186 g/mol. The predicted molar refractivity (Wildman–Crippen MR) is 64.0 cm³/mol. The van der Waals surface area contributed by atoms with E-state index in [2.05, 4.69) is 36.2 Å². The first-order valence-electron chi connectivity index (χ1n) is 5.71. The van der Waals surface area contributed by atoms with Gasteiger partial charge in [-0.3, -0.25) is 4.90 Å². The highest BCUT2D eigenvalue weighted by molar-refractivity contribution is 5.19. The fourth-order valence-corrected chi connectivity index (χ4v) is 1.71. The first-order valence-corrected chi connectivity index (χ1v) is 5.71. The zero-order chi connectivity index (χ0) is 11.1. The van der Waals surface area contributed by atoms with E-state index in [1.54, 1.807) is 0 Å². The lowest BCUT2D eigenvalue weighted by Crippen LogP contribution is -2.36. The minimum absolute atomic E-state index is 0.440. The van der Waals surface area contributed by atoms with Crippen molar-refractivity contribution in [3.8, 4) is 0 Å². The molecule has 2 nitrogen and oxygen atoms in total. The summed E-state index contributed by atoms with van der Waals surface area (Å²) in [6.07, 6.45) is 0. The third-order valence-corrected chi connectivity index (χ3v) is 2.58. The maximum Gasteiger partial charge on any atom is 0.0664 e. The van der Waals surface area contributed by atoms with Crippen LogP contribution in [0.2, 0.25) is 0 Å². The van der Waals surface area contributed by atoms with Gasteiger partial charge in [-0.15, -0.1) is 0 Å². The Balaban J connectivity index is 0.000000531. The van der Waals surface area contributed by atoms with Crippen LogP contribution < -0.4 is 0 Å². The average molecular weight is 207 g/mol. The summed E-state index contributed by atoms with van der Waals surface area (Å²) in [6, 6.07) is 11.0. The maximum atomic E-state index is 5.47. The van der Waals surface area contributed by atoms with Crippen LogP contribution in [0.3, 0.4) is 0 Å². The van der Waals surface area contributed by atoms with Crippen molar-refractivity contribution in [3.63, 3.8) is 0 Å². The summed E-state index contributed by atoms with van der Waals surface area (Å²) in [5, 5.41) is 0. The molecule has 1 heterocycles. The highest BCUT2D eigenvalue weighted by Crippen LogP contribution is 2.21. The van der Waals surface area contributed by atoms with Crippen LogP contribution in [0, 0.1) is 0 Å². The Morgan fingerprint density at radius 1 is 1.20 bits per heavy atom. The number of hydrogen-bond donors (Lipinski definition) is 0. The molecule has 0 radical (unpaired) electrons. The molecule has 1 aliphatic heterocycles. The Labute approximate surface area is 92.9 Å². The molecule has 1 aromatic rings. The van der Waals surface area contributed by atoms with Gasteiger partial charge >= 0.3 is 0 Å². The number of ether oxygens (including phenoxy) is 1. The largest absolute Gasteiger partial charge is 0.378 e. The molecule has 0 spiro atoms. The van der Waals surface area contributed by atoms with Gasteiger partial charge in [-0.25, -0.2) is 0 Å². The van der Waals surface area contributed by atoms with Crippen LogP contribution >= 0.6 is 0 Å². The van der Waals surface area contributed by atoms with E-state index < -0.39 is 0 Å². The SMILES string of the molecule is CC.CN1CCOCC1c1ccccc1. The van der Waals surface area contributed by atoms with Gasteiger partial charge in [0.15, 0.2) is 0 Å². The summed E-state index contributed by atoms with van der Waals surface area (Å²) in [6.45, 7) is 6.71. The second-order valence-electron chi connectivity index (χ2n) is 3.48. The third-order valence-electron chi connectivity index (χ3n) is 2.58. The Hall–Kier alpha value is -0.860. The molecule has 15 heavy (non-hydrogen) atoms. The van der Waals surface area contributed by atoms with Gasteiger partial charge in [0.1, 0.15) is 0 Å². The molecule has 84 valence electrons. The second kappa shape index (κ2) is 6.59. The van der Waals surface area contributed by atoms with Crippen LogP contribution in [0.15, 0.2) is 30.3 Å². The van der Waals surface area contributed by atoms with E-state index >= 15 is 0 Å². The van der Waals surface area contributed by atoms with E-state index in [-0.39, 0.29) is 0 Å². The molecule has 1 aliphatic rings. The molecule has 0 aliphatic carbocycles. The maximum absolute atomic E-state index is 5.47. The zero-order valence-electron chi connectivity index (χ0n) is 9.94. The summed E-state index contributed by atoms with van der Waals surface area (Å²) < 4.78 is 5.47. The molecule has 1 saturated heterocycles. The lowest BCUT2D eigenvalue weighted by molar-refractivity contribution is 0.00506. The topological polar surface area (TPSA) is 12.5 Å². The van der Waals surface area contributed by atoms with Gasteiger partial charge in [0.05, 0.1) is 19.3 Å². The Kier molecular flexibility index (Phi) is 5.37.